The van der Waals surface area contributed by atoms with E-state index in [1.807, 2.05) is 0 Å². The quantitative estimate of drug-likeness (QED) is 0.602. The van der Waals surface area contributed by atoms with Crippen molar-refractivity contribution < 1.29 is 32.2 Å². The first-order chi connectivity index (χ1) is 15.2. The Balaban J connectivity index is 1.10. The monoisotopic (exact) mass is 472 g/mol. The molecule has 0 radical (unpaired) electrons. The van der Waals surface area contributed by atoms with Crippen LogP contribution in [0.25, 0.3) is 0 Å². The van der Waals surface area contributed by atoms with Crippen molar-refractivity contribution in [1.29, 1.82) is 0 Å². The number of halogens is 4. The molecule has 2 N–H and O–H groups in total. The summed E-state index contributed by atoms with van der Waals surface area (Å²) in [5.41, 5.74) is 0.272. The number of benzene rings is 1. The van der Waals surface area contributed by atoms with Crippen molar-refractivity contribution in [2.75, 3.05) is 25.1 Å². The molecule has 32 heavy (non-hydrogen) atoms. The highest BCUT2D eigenvalue weighted by Gasteiger charge is 2.70. The topological polar surface area (TPSA) is 86.6 Å². The Labute approximate surface area is 185 Å². The Morgan fingerprint density at radius 1 is 1.34 bits per heavy atom. The van der Waals surface area contributed by atoms with Gasteiger partial charge in [-0.1, -0.05) is 11.6 Å². The van der Waals surface area contributed by atoms with Gasteiger partial charge in [0, 0.05) is 10.6 Å². The van der Waals surface area contributed by atoms with Crippen LogP contribution < -0.4 is 20.1 Å². The minimum absolute atomic E-state index is 0.180. The van der Waals surface area contributed by atoms with Gasteiger partial charge in [0.15, 0.2) is 11.9 Å². The molecule has 1 aromatic heterocycles. The van der Waals surface area contributed by atoms with Crippen LogP contribution >= 0.6 is 11.6 Å². The molecule has 0 saturated heterocycles. The number of rotatable bonds is 7. The molecular weight excluding hydrogens is 453 g/mol. The van der Waals surface area contributed by atoms with Gasteiger partial charge in [-0.25, -0.2) is 0 Å². The molecule has 2 heterocycles. The number of carbonyl (C=O) groups excluding carboxylic acids is 1. The number of carbonyl (C=O) groups is 1. The Morgan fingerprint density at radius 3 is 2.88 bits per heavy atom. The zero-order valence-corrected chi connectivity index (χ0v) is 17.5. The van der Waals surface area contributed by atoms with Crippen molar-refractivity contribution in [2.24, 2.45) is 0 Å². The molecular formula is C20H20ClF3N4O4. The summed E-state index contributed by atoms with van der Waals surface area (Å²) in [6.07, 6.45) is -0.0339. The highest BCUT2D eigenvalue weighted by atomic mass is 35.5. The molecule has 2 bridgehead atoms. The summed E-state index contributed by atoms with van der Waals surface area (Å²) >= 11 is 5.97. The van der Waals surface area contributed by atoms with E-state index in [-0.39, 0.29) is 23.6 Å². The number of hydrogen-bond acceptors (Lipinski definition) is 6. The van der Waals surface area contributed by atoms with E-state index in [1.165, 1.54) is 6.20 Å². The number of hydrogen-bond donors (Lipinski definition) is 2. The first-order valence-electron chi connectivity index (χ1n) is 10.1. The molecule has 0 spiro atoms. The summed E-state index contributed by atoms with van der Waals surface area (Å²) in [4.78, 5) is 12.7. The maximum Gasteiger partial charge on any atom is 0.522 e. The second-order valence-electron chi connectivity index (χ2n) is 8.42. The molecule has 3 fully saturated rings. The van der Waals surface area contributed by atoms with Gasteiger partial charge in [0.2, 0.25) is 0 Å². The van der Waals surface area contributed by atoms with E-state index < -0.39 is 19.1 Å². The highest BCUT2D eigenvalue weighted by Crippen LogP contribution is 2.65. The zero-order valence-electron chi connectivity index (χ0n) is 16.7. The van der Waals surface area contributed by atoms with Crippen molar-refractivity contribution in [3.05, 3.63) is 35.6 Å². The number of fused-ring (bicyclic) bond motifs is 1. The Kier molecular flexibility index (Phi) is 4.93. The van der Waals surface area contributed by atoms with E-state index in [9.17, 15) is 18.0 Å². The van der Waals surface area contributed by atoms with Gasteiger partial charge in [0.1, 0.15) is 12.4 Å². The smallest absolute Gasteiger partial charge is 0.488 e. The van der Waals surface area contributed by atoms with E-state index in [2.05, 4.69) is 20.5 Å². The van der Waals surface area contributed by atoms with Crippen molar-refractivity contribution in [1.82, 2.24) is 15.1 Å². The van der Waals surface area contributed by atoms with Gasteiger partial charge in [0.05, 0.1) is 36.8 Å². The fourth-order valence-electron chi connectivity index (χ4n) is 4.70. The molecule has 6 rings (SSSR count). The van der Waals surface area contributed by atoms with Gasteiger partial charge in [-0.05, 0) is 37.5 Å². The van der Waals surface area contributed by atoms with Gasteiger partial charge >= 0.3 is 6.36 Å². The van der Waals surface area contributed by atoms with Gasteiger partial charge in [-0.2, -0.15) is 5.10 Å². The second kappa shape index (κ2) is 7.45. The molecule has 1 amide bonds. The normalized spacial score (nSPS) is 27.8. The third-order valence-electron chi connectivity index (χ3n) is 6.03. The molecule has 0 unspecified atom stereocenters. The highest BCUT2D eigenvalue weighted by molar-refractivity contribution is 6.30. The SMILES string of the molecule is O=C(NC12CC(n3cc(OCCOC(F)(F)F)cn3)(C1)C2)[C@H]1CNc2cc(Cl)ccc2O1. The van der Waals surface area contributed by atoms with Crippen LogP contribution in [-0.4, -0.2) is 53.5 Å². The maximum atomic E-state index is 12.7. The van der Waals surface area contributed by atoms with E-state index in [0.29, 0.717) is 23.1 Å². The van der Waals surface area contributed by atoms with E-state index in [1.54, 1.807) is 29.1 Å². The number of ether oxygens (including phenoxy) is 3. The molecule has 3 saturated carbocycles. The minimum atomic E-state index is -4.67. The van der Waals surface area contributed by atoms with E-state index >= 15 is 0 Å². The Morgan fingerprint density at radius 2 is 2.12 bits per heavy atom. The molecule has 3 aliphatic carbocycles. The molecule has 2 aromatic rings. The van der Waals surface area contributed by atoms with E-state index in [0.717, 1.165) is 24.9 Å². The molecule has 12 heteroatoms. The van der Waals surface area contributed by atoms with Crippen LogP contribution in [0.2, 0.25) is 5.02 Å². The second-order valence-corrected chi connectivity index (χ2v) is 8.85. The summed E-state index contributed by atoms with van der Waals surface area (Å²) in [7, 11) is 0. The molecule has 4 aliphatic rings. The molecule has 1 aromatic carbocycles. The number of amides is 1. The average Bonchev–Trinajstić information content (AvgIpc) is 3.14. The van der Waals surface area contributed by atoms with Crippen LogP contribution in [0.15, 0.2) is 30.6 Å². The average molecular weight is 473 g/mol. The number of alkyl halides is 3. The molecule has 1 aliphatic heterocycles. The minimum Gasteiger partial charge on any atom is -0.488 e. The summed E-state index contributed by atoms with van der Waals surface area (Å²) in [6.45, 7) is -0.480. The van der Waals surface area contributed by atoms with Crippen LogP contribution in [0, 0.1) is 0 Å². The molecule has 8 nitrogen and oxygen atoms in total. The third-order valence-corrected chi connectivity index (χ3v) is 6.27. The summed E-state index contributed by atoms with van der Waals surface area (Å²) < 4.78 is 52.5. The van der Waals surface area contributed by atoms with Crippen LogP contribution in [0.3, 0.4) is 0 Å². The van der Waals surface area contributed by atoms with Gasteiger partial charge in [-0.3, -0.25) is 14.2 Å². The van der Waals surface area contributed by atoms with Crippen molar-refractivity contribution in [2.45, 2.75) is 42.8 Å². The van der Waals surface area contributed by atoms with Crippen molar-refractivity contribution in [3.63, 3.8) is 0 Å². The third kappa shape index (κ3) is 3.95. The predicted molar refractivity (Wildman–Crippen MR) is 107 cm³/mol. The predicted octanol–water partition coefficient (Wildman–Crippen LogP) is 3.07. The Bertz CT molecular complexity index is 1020. The zero-order chi connectivity index (χ0) is 22.6. The largest absolute Gasteiger partial charge is 0.522 e. The van der Waals surface area contributed by atoms with Crippen molar-refractivity contribution >= 4 is 23.2 Å². The number of nitrogens with zero attached hydrogens (tertiary/aromatic N) is 2. The maximum absolute atomic E-state index is 12.7. The standard InChI is InChI=1S/C20H20ClF3N4O4/c21-12-1-2-15-14(5-12)25-7-16(32-15)17(29)27-18-9-19(10-18,11-18)28-8-13(6-26-28)30-3-4-31-20(22,23)24/h1-2,5-6,8,16,25H,3-4,7,9-11H2,(H,27,29)/t16-,18?,19?/m1/s1. The molecule has 1 atom stereocenters. The van der Waals surface area contributed by atoms with Gasteiger partial charge in [-0.15, -0.1) is 13.2 Å². The van der Waals surface area contributed by atoms with Crippen LogP contribution in [-0.2, 0) is 15.1 Å². The fraction of sp³-hybridized carbons (Fsp3) is 0.500. The number of anilines is 1. The Hall–Kier alpha value is -2.66. The van der Waals surface area contributed by atoms with Crippen molar-refractivity contribution in [3.8, 4) is 11.5 Å². The lowest BCUT2D eigenvalue weighted by atomic mass is 9.44. The summed E-state index contributed by atoms with van der Waals surface area (Å²) in [5, 5.41) is 11.1. The number of aromatic nitrogens is 2. The van der Waals surface area contributed by atoms with Gasteiger partial charge < -0.3 is 20.1 Å². The fourth-order valence-corrected chi connectivity index (χ4v) is 4.87. The lowest BCUT2D eigenvalue weighted by Gasteiger charge is -2.70. The first-order valence-corrected chi connectivity index (χ1v) is 10.4. The summed E-state index contributed by atoms with van der Waals surface area (Å²) in [6, 6.07) is 5.19. The lowest BCUT2D eigenvalue weighted by molar-refractivity contribution is -0.325. The van der Waals surface area contributed by atoms with Gasteiger partial charge in [0.25, 0.3) is 5.91 Å². The summed E-state index contributed by atoms with van der Waals surface area (Å²) in [5.74, 6) is 0.777. The number of nitrogens with one attached hydrogen (secondary N) is 2. The van der Waals surface area contributed by atoms with Crippen LogP contribution in [0.1, 0.15) is 19.3 Å². The first kappa shape index (κ1) is 21.2. The lowest BCUT2D eigenvalue weighted by Crippen LogP contribution is -2.79. The van der Waals surface area contributed by atoms with E-state index in [4.69, 9.17) is 21.1 Å². The van der Waals surface area contributed by atoms with Crippen LogP contribution in [0.4, 0.5) is 18.9 Å². The van der Waals surface area contributed by atoms with Crippen LogP contribution in [0.5, 0.6) is 11.5 Å². The molecule has 172 valence electrons.